The zero-order valence-corrected chi connectivity index (χ0v) is 24.1. The van der Waals surface area contributed by atoms with Gasteiger partial charge in [0.2, 0.25) is 5.91 Å². The number of fused-ring (bicyclic) bond motifs is 2. The van der Waals surface area contributed by atoms with Gasteiger partial charge in [-0.05, 0) is 66.7 Å². The second-order valence-corrected chi connectivity index (χ2v) is 12.4. The second-order valence-electron chi connectivity index (χ2n) is 8.77. The third-order valence-electron chi connectivity index (χ3n) is 6.02. The highest BCUT2D eigenvalue weighted by Crippen LogP contribution is 2.32. The molecule has 6 aromatic rings. The van der Waals surface area contributed by atoms with Crippen LogP contribution >= 0.6 is 46.5 Å². The Labute approximate surface area is 247 Å². The number of hydrogen-bond acceptors (Lipinski definition) is 7. The van der Waals surface area contributed by atoms with Gasteiger partial charge in [-0.3, -0.25) is 14.2 Å². The molecule has 0 saturated carbocycles. The Morgan fingerprint density at radius 1 is 0.825 bits per heavy atom. The maximum Gasteiger partial charge on any atom is 0.234 e. The Bertz CT molecular complexity index is 1840. The first-order chi connectivity index (χ1) is 19.5. The number of carbonyl (C=O) groups is 2. The first-order valence-corrected chi connectivity index (χ1v) is 15.5. The van der Waals surface area contributed by atoms with Crippen LogP contribution in [0.4, 0.5) is 5.69 Å². The minimum absolute atomic E-state index is 0.0205. The van der Waals surface area contributed by atoms with E-state index in [9.17, 15) is 9.59 Å². The number of ketones is 1. The summed E-state index contributed by atoms with van der Waals surface area (Å²) in [5.41, 5.74) is 5.03. The van der Waals surface area contributed by atoms with E-state index in [0.29, 0.717) is 16.3 Å². The Morgan fingerprint density at radius 3 is 2.42 bits per heavy atom. The number of hydrogen-bond donors (Lipinski definition) is 1. The lowest BCUT2D eigenvalue weighted by Gasteiger charge is -2.09. The summed E-state index contributed by atoms with van der Waals surface area (Å²) in [5.74, 6) is 0.400. The van der Waals surface area contributed by atoms with Crippen molar-refractivity contribution in [3.8, 4) is 5.69 Å². The summed E-state index contributed by atoms with van der Waals surface area (Å²) in [6.07, 6.45) is 0. The predicted octanol–water partition coefficient (Wildman–Crippen LogP) is 7.99. The number of carbonyl (C=O) groups excluding carboxylic acids is 2. The van der Waals surface area contributed by atoms with Crippen LogP contribution in [0, 0.1) is 0 Å². The number of Topliss-reactive ketones (excluding diaryl/α,β-unsaturated/α-hetero) is 1. The molecule has 0 aliphatic heterocycles. The molecule has 0 aliphatic rings. The van der Waals surface area contributed by atoms with Gasteiger partial charge in [0.15, 0.2) is 15.3 Å². The van der Waals surface area contributed by atoms with Gasteiger partial charge in [-0.15, -0.1) is 11.3 Å². The van der Waals surface area contributed by atoms with Crippen molar-refractivity contribution >= 4 is 85.1 Å². The predicted molar refractivity (Wildman–Crippen MR) is 167 cm³/mol. The van der Waals surface area contributed by atoms with Gasteiger partial charge in [0.05, 0.1) is 32.8 Å². The topological polar surface area (TPSA) is 76.9 Å². The molecule has 40 heavy (non-hydrogen) atoms. The molecule has 0 saturated heterocycles. The molecule has 0 radical (unpaired) electrons. The van der Waals surface area contributed by atoms with Gasteiger partial charge in [-0.25, -0.2) is 9.97 Å². The van der Waals surface area contributed by atoms with Gasteiger partial charge in [0, 0.05) is 22.0 Å². The highest BCUT2D eigenvalue weighted by atomic mass is 35.5. The summed E-state index contributed by atoms with van der Waals surface area (Å²) >= 11 is 10.2. The number of halogens is 1. The fourth-order valence-electron chi connectivity index (χ4n) is 4.14. The number of imidazole rings is 1. The fraction of sp³-hybridized carbons (Fsp3) is 0.0667. The number of thiazole rings is 1. The summed E-state index contributed by atoms with van der Waals surface area (Å²) < 4.78 is 3.82. The van der Waals surface area contributed by atoms with Crippen molar-refractivity contribution < 1.29 is 9.59 Å². The van der Waals surface area contributed by atoms with Gasteiger partial charge in [0.1, 0.15) is 0 Å². The summed E-state index contributed by atoms with van der Waals surface area (Å²) in [4.78, 5) is 34.8. The number of benzene rings is 4. The van der Waals surface area contributed by atoms with Crippen molar-refractivity contribution in [2.45, 2.75) is 9.50 Å². The number of amides is 1. The molecule has 0 aliphatic carbocycles. The average molecular weight is 601 g/mol. The number of nitrogens with zero attached hydrogens (tertiary/aromatic N) is 3. The van der Waals surface area contributed by atoms with Crippen LogP contribution in [-0.4, -0.2) is 37.7 Å². The standard InChI is InChI=1S/C30H21ClN4O2S3/c31-20-12-10-19(11-13-20)26(36)17-39-30-34-24-15-14-21(16-27(24)40-30)32-28(37)18-38-29-33-23-8-4-5-9-25(23)35(29)22-6-2-1-3-7-22/h1-16H,17-18H2,(H,32,37). The molecule has 4 aromatic carbocycles. The number of rotatable bonds is 9. The molecule has 1 N–H and O–H groups in total. The van der Waals surface area contributed by atoms with Gasteiger partial charge >= 0.3 is 0 Å². The molecule has 0 spiro atoms. The van der Waals surface area contributed by atoms with Gasteiger partial charge in [0.25, 0.3) is 0 Å². The number of nitrogens with one attached hydrogen (secondary N) is 1. The summed E-state index contributed by atoms with van der Waals surface area (Å²) in [7, 11) is 0. The van der Waals surface area contributed by atoms with Crippen LogP contribution < -0.4 is 5.32 Å². The zero-order valence-electron chi connectivity index (χ0n) is 20.9. The highest BCUT2D eigenvalue weighted by molar-refractivity contribution is 8.01. The minimum atomic E-state index is -0.122. The van der Waals surface area contributed by atoms with E-state index in [2.05, 4.69) is 14.9 Å². The highest BCUT2D eigenvalue weighted by Gasteiger charge is 2.15. The largest absolute Gasteiger partial charge is 0.325 e. The molecule has 2 aromatic heterocycles. The number of aromatic nitrogens is 3. The molecular formula is C30H21ClN4O2S3. The Hall–Kier alpha value is -3.63. The first kappa shape index (κ1) is 26.6. The van der Waals surface area contributed by atoms with Crippen LogP contribution in [0.5, 0.6) is 0 Å². The van der Waals surface area contributed by atoms with Gasteiger partial charge < -0.3 is 5.32 Å². The lowest BCUT2D eigenvalue weighted by Crippen LogP contribution is -2.14. The average Bonchev–Trinajstić information content (AvgIpc) is 3.56. The van der Waals surface area contributed by atoms with E-state index in [-0.39, 0.29) is 23.2 Å². The van der Waals surface area contributed by atoms with Crippen molar-refractivity contribution in [2.75, 3.05) is 16.8 Å². The molecular weight excluding hydrogens is 580 g/mol. The fourth-order valence-corrected chi connectivity index (χ4v) is 7.10. The van der Waals surface area contributed by atoms with Crippen molar-refractivity contribution in [2.24, 2.45) is 0 Å². The molecule has 1 amide bonds. The molecule has 198 valence electrons. The Balaban J connectivity index is 1.11. The zero-order chi connectivity index (χ0) is 27.5. The maximum atomic E-state index is 12.9. The third kappa shape index (κ3) is 5.93. The van der Waals surface area contributed by atoms with E-state index in [1.165, 1.54) is 34.9 Å². The van der Waals surface area contributed by atoms with Crippen LogP contribution in [0.25, 0.3) is 26.9 Å². The first-order valence-electron chi connectivity index (χ1n) is 12.3. The summed E-state index contributed by atoms with van der Waals surface area (Å²) in [6.45, 7) is 0. The number of thioether (sulfide) groups is 2. The SMILES string of the molecule is O=C(CSc1nc2ccccc2n1-c1ccccc1)Nc1ccc2nc(SCC(=O)c3ccc(Cl)cc3)sc2c1. The quantitative estimate of drug-likeness (QED) is 0.134. The van der Waals surface area contributed by atoms with E-state index in [4.69, 9.17) is 16.6 Å². The van der Waals surface area contributed by atoms with E-state index < -0.39 is 0 Å². The Kier molecular flexibility index (Phi) is 7.88. The van der Waals surface area contributed by atoms with Crippen LogP contribution in [0.2, 0.25) is 5.02 Å². The Morgan fingerprint density at radius 2 is 1.60 bits per heavy atom. The lowest BCUT2D eigenvalue weighted by molar-refractivity contribution is -0.113. The van der Waals surface area contributed by atoms with E-state index in [1.54, 1.807) is 24.3 Å². The van der Waals surface area contributed by atoms with Crippen molar-refractivity contribution in [3.63, 3.8) is 0 Å². The van der Waals surface area contributed by atoms with Crippen LogP contribution in [0.1, 0.15) is 10.4 Å². The number of para-hydroxylation sites is 3. The van der Waals surface area contributed by atoms with E-state index in [1.807, 2.05) is 72.8 Å². The van der Waals surface area contributed by atoms with Gasteiger partial charge in [-0.2, -0.15) is 0 Å². The molecule has 0 atom stereocenters. The molecule has 0 fully saturated rings. The van der Waals surface area contributed by atoms with Gasteiger partial charge in [-0.1, -0.05) is 65.5 Å². The molecule has 10 heteroatoms. The lowest BCUT2D eigenvalue weighted by atomic mass is 10.1. The summed E-state index contributed by atoms with van der Waals surface area (Å²) in [6, 6.07) is 30.5. The maximum absolute atomic E-state index is 12.9. The van der Waals surface area contributed by atoms with E-state index in [0.717, 1.165) is 36.4 Å². The van der Waals surface area contributed by atoms with Crippen LogP contribution in [-0.2, 0) is 4.79 Å². The minimum Gasteiger partial charge on any atom is -0.325 e. The molecule has 0 unspecified atom stereocenters. The molecule has 2 heterocycles. The van der Waals surface area contributed by atoms with Crippen LogP contribution in [0.3, 0.4) is 0 Å². The van der Waals surface area contributed by atoms with Crippen molar-refractivity contribution in [1.29, 1.82) is 0 Å². The molecule has 6 nitrogen and oxygen atoms in total. The number of anilines is 1. The monoisotopic (exact) mass is 600 g/mol. The van der Waals surface area contributed by atoms with Crippen LogP contribution in [0.15, 0.2) is 107 Å². The van der Waals surface area contributed by atoms with Crippen molar-refractivity contribution in [3.05, 3.63) is 108 Å². The summed E-state index contributed by atoms with van der Waals surface area (Å²) in [5, 5.41) is 4.35. The molecule has 0 bridgehead atoms. The normalized spacial score (nSPS) is 11.2. The van der Waals surface area contributed by atoms with E-state index >= 15 is 0 Å². The third-order valence-corrected chi connectivity index (χ3v) is 9.37. The molecule has 6 rings (SSSR count). The second kappa shape index (κ2) is 11.9. The smallest absolute Gasteiger partial charge is 0.234 e. The van der Waals surface area contributed by atoms with Crippen molar-refractivity contribution in [1.82, 2.24) is 14.5 Å².